The van der Waals surface area contributed by atoms with Gasteiger partial charge in [0, 0.05) is 5.56 Å². The van der Waals surface area contributed by atoms with Gasteiger partial charge in [-0.05, 0) is 25.3 Å². The molecule has 0 atom stereocenters. The van der Waals surface area contributed by atoms with Crippen LogP contribution in [0, 0.1) is 11.3 Å². The summed E-state index contributed by atoms with van der Waals surface area (Å²) < 4.78 is 10.2. The minimum absolute atomic E-state index is 0.0738. The Morgan fingerprint density at radius 1 is 1.46 bits per heavy atom. The number of nitrogens with zero attached hydrogens (tertiary/aromatic N) is 2. The molecule has 0 bridgehead atoms. The van der Waals surface area contributed by atoms with E-state index in [0.29, 0.717) is 16.5 Å². The van der Waals surface area contributed by atoms with Crippen molar-refractivity contribution in [2.75, 3.05) is 19.5 Å². The third-order valence-corrected chi connectivity index (χ3v) is 3.55. The number of rotatable bonds is 6. The van der Waals surface area contributed by atoms with Crippen LogP contribution in [0.4, 0.5) is 0 Å². The summed E-state index contributed by atoms with van der Waals surface area (Å²) in [6, 6.07) is 8.56. The first kappa shape index (κ1) is 17.6. The van der Waals surface area contributed by atoms with E-state index in [9.17, 15) is 14.9 Å². The third-order valence-electron chi connectivity index (χ3n) is 2.97. The molecule has 1 heterocycles. The third kappa shape index (κ3) is 4.14. The van der Waals surface area contributed by atoms with Crippen LogP contribution in [0.25, 0.3) is 11.3 Å². The Morgan fingerprint density at radius 3 is 2.92 bits per heavy atom. The number of hydrogen-bond donors (Lipinski definition) is 1. The Kier molecular flexibility index (Phi) is 5.98. The molecule has 24 heavy (non-hydrogen) atoms. The predicted octanol–water partition coefficient (Wildman–Crippen LogP) is 1.97. The van der Waals surface area contributed by atoms with Gasteiger partial charge in [-0.2, -0.15) is 5.26 Å². The lowest BCUT2D eigenvalue weighted by Crippen LogP contribution is -2.15. The predicted molar refractivity (Wildman–Crippen MR) is 88.9 cm³/mol. The first-order valence-electron chi connectivity index (χ1n) is 7.06. The first-order chi connectivity index (χ1) is 11.6. The van der Waals surface area contributed by atoms with Gasteiger partial charge in [0.15, 0.2) is 11.8 Å². The maximum Gasteiger partial charge on any atom is 0.344 e. The molecule has 0 saturated carbocycles. The standard InChI is InChI=1S/C16H15N3O4S/c1-3-22-13(20)9-23-11-6-4-5-10(7-11)14-12(8-17)15(21)19-16(18-14)24-2/h4-7H,3,9H2,1-2H3,(H,18,19,21). The Morgan fingerprint density at radius 2 is 2.25 bits per heavy atom. The number of esters is 1. The number of carbonyl (C=O) groups excluding carboxylic acids is 1. The Labute approximate surface area is 142 Å². The maximum absolute atomic E-state index is 12.0. The van der Waals surface area contributed by atoms with Crippen molar-refractivity contribution < 1.29 is 14.3 Å². The van der Waals surface area contributed by atoms with E-state index in [1.807, 2.05) is 6.07 Å². The molecule has 0 aliphatic rings. The fourth-order valence-electron chi connectivity index (χ4n) is 1.94. The molecule has 0 aliphatic heterocycles. The van der Waals surface area contributed by atoms with E-state index in [2.05, 4.69) is 9.97 Å². The van der Waals surface area contributed by atoms with Gasteiger partial charge in [0.2, 0.25) is 0 Å². The van der Waals surface area contributed by atoms with Crippen LogP contribution >= 0.6 is 11.8 Å². The topological polar surface area (TPSA) is 105 Å². The molecular formula is C16H15N3O4S. The van der Waals surface area contributed by atoms with E-state index in [-0.39, 0.29) is 24.5 Å². The number of aromatic nitrogens is 2. The summed E-state index contributed by atoms with van der Waals surface area (Å²) in [7, 11) is 0. The van der Waals surface area contributed by atoms with Crippen molar-refractivity contribution in [1.82, 2.24) is 9.97 Å². The van der Waals surface area contributed by atoms with Crippen molar-refractivity contribution in [3.8, 4) is 23.1 Å². The van der Waals surface area contributed by atoms with Gasteiger partial charge >= 0.3 is 5.97 Å². The maximum atomic E-state index is 12.0. The van der Waals surface area contributed by atoms with Crippen LogP contribution in [0.1, 0.15) is 12.5 Å². The Balaban J connectivity index is 2.35. The molecule has 7 nitrogen and oxygen atoms in total. The average molecular weight is 345 g/mol. The second-order valence-corrected chi connectivity index (χ2v) is 5.33. The molecule has 2 rings (SSSR count). The second-order valence-electron chi connectivity index (χ2n) is 4.53. The molecule has 0 radical (unpaired) electrons. The zero-order chi connectivity index (χ0) is 17.5. The highest BCUT2D eigenvalue weighted by Gasteiger charge is 2.14. The lowest BCUT2D eigenvalue weighted by atomic mass is 10.1. The summed E-state index contributed by atoms with van der Waals surface area (Å²) in [5.41, 5.74) is 0.251. The quantitative estimate of drug-likeness (QED) is 0.485. The highest BCUT2D eigenvalue weighted by Crippen LogP contribution is 2.25. The van der Waals surface area contributed by atoms with Crippen LogP contribution in [0.3, 0.4) is 0 Å². The number of hydrogen-bond acceptors (Lipinski definition) is 7. The van der Waals surface area contributed by atoms with Crippen LogP contribution in [0.2, 0.25) is 0 Å². The van der Waals surface area contributed by atoms with E-state index >= 15 is 0 Å². The Bertz CT molecular complexity index is 842. The SMILES string of the molecule is CCOC(=O)COc1cccc(-c2nc(SC)[nH]c(=O)c2C#N)c1. The van der Waals surface area contributed by atoms with Gasteiger partial charge in [-0.3, -0.25) is 4.79 Å². The summed E-state index contributed by atoms with van der Waals surface area (Å²) in [5, 5.41) is 9.63. The van der Waals surface area contributed by atoms with Crippen molar-refractivity contribution in [2.24, 2.45) is 0 Å². The molecule has 0 amide bonds. The van der Waals surface area contributed by atoms with E-state index in [4.69, 9.17) is 9.47 Å². The van der Waals surface area contributed by atoms with Gasteiger partial charge in [-0.25, -0.2) is 9.78 Å². The van der Waals surface area contributed by atoms with Crippen LogP contribution in [-0.2, 0) is 9.53 Å². The molecule has 8 heteroatoms. The molecule has 0 aliphatic carbocycles. The number of nitrogens with one attached hydrogen (secondary N) is 1. The van der Waals surface area contributed by atoms with Gasteiger partial charge in [0.05, 0.1) is 12.3 Å². The van der Waals surface area contributed by atoms with Crippen molar-refractivity contribution in [3.63, 3.8) is 0 Å². The summed E-state index contributed by atoms with van der Waals surface area (Å²) in [4.78, 5) is 30.2. The molecule has 1 N–H and O–H groups in total. The van der Waals surface area contributed by atoms with Crippen molar-refractivity contribution in [1.29, 1.82) is 5.26 Å². The van der Waals surface area contributed by atoms with E-state index in [1.165, 1.54) is 11.8 Å². The minimum atomic E-state index is -0.496. The normalized spacial score (nSPS) is 10.0. The number of benzene rings is 1. The monoisotopic (exact) mass is 345 g/mol. The number of H-pyrrole nitrogens is 1. The van der Waals surface area contributed by atoms with E-state index in [0.717, 1.165) is 0 Å². The largest absolute Gasteiger partial charge is 0.482 e. The zero-order valence-electron chi connectivity index (χ0n) is 13.2. The molecule has 1 aromatic heterocycles. The number of nitriles is 1. The molecule has 2 aromatic rings. The second kappa shape index (κ2) is 8.17. The lowest BCUT2D eigenvalue weighted by Gasteiger charge is -2.09. The molecule has 124 valence electrons. The zero-order valence-corrected chi connectivity index (χ0v) is 14.0. The summed E-state index contributed by atoms with van der Waals surface area (Å²) in [5.74, 6) is -0.0585. The minimum Gasteiger partial charge on any atom is -0.482 e. The number of thioether (sulfide) groups is 1. The fraction of sp³-hybridized carbons (Fsp3) is 0.250. The van der Waals surface area contributed by atoms with Crippen LogP contribution in [-0.4, -0.2) is 35.4 Å². The summed E-state index contributed by atoms with van der Waals surface area (Å²) in [6.45, 7) is 1.77. The molecule has 0 spiro atoms. The van der Waals surface area contributed by atoms with Crippen LogP contribution in [0.5, 0.6) is 5.75 Å². The lowest BCUT2D eigenvalue weighted by molar-refractivity contribution is -0.145. The number of carbonyl (C=O) groups is 1. The van der Waals surface area contributed by atoms with Gasteiger partial charge in [-0.1, -0.05) is 23.9 Å². The van der Waals surface area contributed by atoms with E-state index < -0.39 is 11.5 Å². The summed E-state index contributed by atoms with van der Waals surface area (Å²) >= 11 is 1.27. The van der Waals surface area contributed by atoms with Crippen LogP contribution in [0.15, 0.2) is 34.2 Å². The smallest absolute Gasteiger partial charge is 0.344 e. The van der Waals surface area contributed by atoms with Gasteiger partial charge in [0.25, 0.3) is 5.56 Å². The number of ether oxygens (including phenoxy) is 2. The molecule has 0 saturated heterocycles. The van der Waals surface area contributed by atoms with Crippen molar-refractivity contribution >= 4 is 17.7 Å². The van der Waals surface area contributed by atoms with Gasteiger partial charge in [-0.15, -0.1) is 0 Å². The first-order valence-corrected chi connectivity index (χ1v) is 8.28. The molecule has 0 unspecified atom stereocenters. The average Bonchev–Trinajstić information content (AvgIpc) is 2.59. The van der Waals surface area contributed by atoms with Crippen molar-refractivity contribution in [2.45, 2.75) is 12.1 Å². The van der Waals surface area contributed by atoms with Crippen molar-refractivity contribution in [3.05, 3.63) is 40.2 Å². The van der Waals surface area contributed by atoms with E-state index in [1.54, 1.807) is 37.4 Å². The molecule has 1 aromatic carbocycles. The summed E-state index contributed by atoms with van der Waals surface area (Å²) in [6.07, 6.45) is 1.77. The highest BCUT2D eigenvalue weighted by molar-refractivity contribution is 7.98. The van der Waals surface area contributed by atoms with Crippen LogP contribution < -0.4 is 10.3 Å². The fourth-order valence-corrected chi connectivity index (χ4v) is 2.32. The van der Waals surface area contributed by atoms with Gasteiger partial charge < -0.3 is 14.5 Å². The van der Waals surface area contributed by atoms with Gasteiger partial charge in [0.1, 0.15) is 17.4 Å². The number of aromatic amines is 1. The molecule has 0 fully saturated rings. The Hall–Kier alpha value is -2.79. The molecular weight excluding hydrogens is 330 g/mol. The highest BCUT2D eigenvalue weighted by atomic mass is 32.2.